The lowest BCUT2D eigenvalue weighted by Gasteiger charge is -2.21. The second kappa shape index (κ2) is 4.48. The van der Waals surface area contributed by atoms with E-state index in [2.05, 4.69) is 62.4 Å². The van der Waals surface area contributed by atoms with Gasteiger partial charge in [-0.05, 0) is 36.3 Å². The van der Waals surface area contributed by atoms with Gasteiger partial charge >= 0.3 is 0 Å². The zero-order valence-electron chi connectivity index (χ0n) is 9.48. The SMILES string of the molecule is Cc1ccccc1CC1C=CC=CC1C. The maximum absolute atomic E-state index is 2.33. The maximum Gasteiger partial charge on any atom is -0.0129 e. The van der Waals surface area contributed by atoms with E-state index < -0.39 is 0 Å². The fraction of sp³-hybridized carbons (Fsp3) is 0.333. The molecule has 0 aromatic heterocycles. The summed E-state index contributed by atoms with van der Waals surface area (Å²) in [6, 6.07) is 8.69. The Morgan fingerprint density at radius 3 is 2.53 bits per heavy atom. The Morgan fingerprint density at radius 2 is 1.80 bits per heavy atom. The third-order valence-electron chi connectivity index (χ3n) is 3.28. The van der Waals surface area contributed by atoms with E-state index >= 15 is 0 Å². The van der Waals surface area contributed by atoms with Crippen LogP contribution >= 0.6 is 0 Å². The monoisotopic (exact) mass is 198 g/mol. The summed E-state index contributed by atoms with van der Waals surface area (Å²) >= 11 is 0. The predicted octanol–water partition coefficient (Wildman–Crippen LogP) is 3.92. The van der Waals surface area contributed by atoms with Crippen LogP contribution in [0.1, 0.15) is 18.1 Å². The van der Waals surface area contributed by atoms with E-state index in [-0.39, 0.29) is 0 Å². The molecule has 78 valence electrons. The Bertz CT molecular complexity index is 385. The van der Waals surface area contributed by atoms with Crippen LogP contribution in [0.5, 0.6) is 0 Å². The van der Waals surface area contributed by atoms with Crippen molar-refractivity contribution < 1.29 is 0 Å². The molecule has 2 rings (SSSR count). The lowest BCUT2D eigenvalue weighted by molar-refractivity contribution is 0.503. The van der Waals surface area contributed by atoms with Crippen LogP contribution in [0.2, 0.25) is 0 Å². The zero-order chi connectivity index (χ0) is 10.7. The normalized spacial score (nSPS) is 24.4. The molecule has 15 heavy (non-hydrogen) atoms. The molecule has 0 heterocycles. The minimum absolute atomic E-state index is 0.662. The van der Waals surface area contributed by atoms with Crippen molar-refractivity contribution >= 4 is 0 Å². The van der Waals surface area contributed by atoms with Gasteiger partial charge in [0.05, 0.1) is 0 Å². The largest absolute Gasteiger partial charge is 0.0811 e. The molecular weight excluding hydrogens is 180 g/mol. The summed E-state index contributed by atoms with van der Waals surface area (Å²) in [6.45, 7) is 4.49. The van der Waals surface area contributed by atoms with Gasteiger partial charge in [-0.2, -0.15) is 0 Å². The summed E-state index contributed by atoms with van der Waals surface area (Å²) < 4.78 is 0. The first-order valence-electron chi connectivity index (χ1n) is 5.67. The fourth-order valence-corrected chi connectivity index (χ4v) is 2.11. The molecule has 0 nitrogen and oxygen atoms in total. The molecule has 1 aromatic carbocycles. The first kappa shape index (κ1) is 10.2. The van der Waals surface area contributed by atoms with Crippen LogP contribution in [0.25, 0.3) is 0 Å². The number of hydrogen-bond donors (Lipinski definition) is 0. The van der Waals surface area contributed by atoms with Crippen LogP contribution in [0.15, 0.2) is 48.6 Å². The van der Waals surface area contributed by atoms with Crippen LogP contribution in [0, 0.1) is 18.8 Å². The van der Waals surface area contributed by atoms with Gasteiger partial charge in [0, 0.05) is 0 Å². The molecule has 1 aliphatic rings. The molecular formula is C15H18. The van der Waals surface area contributed by atoms with Gasteiger partial charge in [0.25, 0.3) is 0 Å². The molecule has 0 spiro atoms. The highest BCUT2D eigenvalue weighted by molar-refractivity contribution is 5.27. The van der Waals surface area contributed by atoms with Crippen molar-refractivity contribution in [2.24, 2.45) is 11.8 Å². The van der Waals surface area contributed by atoms with Gasteiger partial charge in [0.15, 0.2) is 0 Å². The summed E-state index contributed by atoms with van der Waals surface area (Å²) in [4.78, 5) is 0. The van der Waals surface area contributed by atoms with Crippen LogP contribution in [0.3, 0.4) is 0 Å². The molecule has 0 radical (unpaired) electrons. The van der Waals surface area contributed by atoms with Crippen molar-refractivity contribution in [1.29, 1.82) is 0 Å². The molecule has 1 aromatic rings. The molecule has 2 atom stereocenters. The van der Waals surface area contributed by atoms with E-state index in [9.17, 15) is 0 Å². The van der Waals surface area contributed by atoms with Gasteiger partial charge in [-0.1, -0.05) is 55.5 Å². The van der Waals surface area contributed by atoms with Crippen molar-refractivity contribution in [1.82, 2.24) is 0 Å². The van der Waals surface area contributed by atoms with Gasteiger partial charge in [0.1, 0.15) is 0 Å². The lowest BCUT2D eigenvalue weighted by Crippen LogP contribution is -2.12. The molecule has 0 saturated heterocycles. The Balaban J connectivity index is 2.12. The third-order valence-corrected chi connectivity index (χ3v) is 3.28. The predicted molar refractivity (Wildman–Crippen MR) is 65.8 cm³/mol. The quantitative estimate of drug-likeness (QED) is 0.675. The van der Waals surface area contributed by atoms with Crippen molar-refractivity contribution in [3.05, 3.63) is 59.7 Å². The molecule has 0 N–H and O–H groups in total. The lowest BCUT2D eigenvalue weighted by atomic mass is 9.84. The molecule has 0 bridgehead atoms. The summed E-state index contributed by atoms with van der Waals surface area (Å²) in [6.07, 6.45) is 10.1. The van der Waals surface area contributed by atoms with Crippen LogP contribution in [-0.4, -0.2) is 0 Å². The summed E-state index contributed by atoms with van der Waals surface area (Å²) in [7, 11) is 0. The van der Waals surface area contributed by atoms with Gasteiger partial charge in [0.2, 0.25) is 0 Å². The third kappa shape index (κ3) is 2.38. The van der Waals surface area contributed by atoms with Crippen molar-refractivity contribution in [3.8, 4) is 0 Å². The molecule has 0 saturated carbocycles. The molecule has 0 fully saturated rings. The van der Waals surface area contributed by atoms with Crippen LogP contribution in [-0.2, 0) is 6.42 Å². The molecule has 2 unspecified atom stereocenters. The smallest absolute Gasteiger partial charge is 0.0129 e. The molecule has 0 heteroatoms. The summed E-state index contributed by atoms with van der Waals surface area (Å²) in [5.74, 6) is 1.32. The second-order valence-corrected chi connectivity index (χ2v) is 4.42. The Kier molecular flexibility index (Phi) is 3.05. The van der Waals surface area contributed by atoms with Crippen LogP contribution in [0.4, 0.5) is 0 Å². The molecule has 1 aliphatic carbocycles. The highest BCUT2D eigenvalue weighted by Gasteiger charge is 2.14. The van der Waals surface area contributed by atoms with E-state index in [1.807, 2.05) is 0 Å². The van der Waals surface area contributed by atoms with Crippen molar-refractivity contribution in [3.63, 3.8) is 0 Å². The van der Waals surface area contributed by atoms with Gasteiger partial charge in [-0.15, -0.1) is 0 Å². The first-order chi connectivity index (χ1) is 7.27. The Hall–Kier alpha value is -1.30. The fourth-order valence-electron chi connectivity index (χ4n) is 2.11. The Labute approximate surface area is 92.3 Å². The van der Waals surface area contributed by atoms with Gasteiger partial charge < -0.3 is 0 Å². The summed E-state index contributed by atoms with van der Waals surface area (Å²) in [5, 5.41) is 0. The second-order valence-electron chi connectivity index (χ2n) is 4.42. The van der Waals surface area contributed by atoms with Crippen molar-refractivity contribution in [2.75, 3.05) is 0 Å². The van der Waals surface area contributed by atoms with Gasteiger partial charge in [-0.3, -0.25) is 0 Å². The topological polar surface area (TPSA) is 0 Å². The van der Waals surface area contributed by atoms with E-state index in [1.165, 1.54) is 11.1 Å². The average molecular weight is 198 g/mol. The van der Waals surface area contributed by atoms with Gasteiger partial charge in [-0.25, -0.2) is 0 Å². The van der Waals surface area contributed by atoms with E-state index in [0.29, 0.717) is 11.8 Å². The molecule has 0 amide bonds. The number of hydrogen-bond acceptors (Lipinski definition) is 0. The highest BCUT2D eigenvalue weighted by atomic mass is 14.2. The standard InChI is InChI=1S/C15H18/c1-12-7-3-5-9-14(12)11-15-10-6-4-8-13(15)2/h3-10,12,14H,11H2,1-2H3. The van der Waals surface area contributed by atoms with E-state index in [4.69, 9.17) is 0 Å². The van der Waals surface area contributed by atoms with E-state index in [1.54, 1.807) is 0 Å². The number of rotatable bonds is 2. The molecule has 0 aliphatic heterocycles. The number of aryl methyl sites for hydroxylation is 1. The zero-order valence-corrected chi connectivity index (χ0v) is 9.48. The highest BCUT2D eigenvalue weighted by Crippen LogP contribution is 2.24. The number of allylic oxidation sites excluding steroid dienone is 4. The minimum atomic E-state index is 0.662. The van der Waals surface area contributed by atoms with Crippen LogP contribution < -0.4 is 0 Å². The Morgan fingerprint density at radius 1 is 1.07 bits per heavy atom. The average Bonchev–Trinajstić information content (AvgIpc) is 2.24. The first-order valence-corrected chi connectivity index (χ1v) is 5.67. The summed E-state index contributed by atoms with van der Waals surface area (Å²) in [5.41, 5.74) is 2.89. The maximum atomic E-state index is 2.33. The minimum Gasteiger partial charge on any atom is -0.0811 e. The van der Waals surface area contributed by atoms with Crippen molar-refractivity contribution in [2.45, 2.75) is 20.3 Å². The van der Waals surface area contributed by atoms with E-state index in [0.717, 1.165) is 6.42 Å². The number of benzene rings is 1.